The van der Waals surface area contributed by atoms with Gasteiger partial charge in [0, 0.05) is 23.6 Å². The minimum atomic E-state index is 0.0591. The van der Waals surface area contributed by atoms with Crippen molar-refractivity contribution < 1.29 is 14.9 Å². The SMILES string of the molecule is Cc1cc(O)cc2c1O[C@H](c1ccc([OH2+])cc1)[C@@H]1CCC[C@H]21. The topological polar surface area (TPSA) is 52.4 Å². The first-order valence-electron chi connectivity index (χ1n) is 7.95. The molecule has 2 aromatic carbocycles. The van der Waals surface area contributed by atoms with Gasteiger partial charge in [0.15, 0.2) is 0 Å². The van der Waals surface area contributed by atoms with Gasteiger partial charge in [-0.1, -0.05) is 6.42 Å². The maximum atomic E-state index is 9.93. The number of phenolic OH excluding ortho intramolecular Hbond substituents is 1. The van der Waals surface area contributed by atoms with E-state index < -0.39 is 0 Å². The lowest BCUT2D eigenvalue weighted by Crippen LogP contribution is -2.27. The minimum absolute atomic E-state index is 0.0591. The van der Waals surface area contributed by atoms with Gasteiger partial charge in [0.05, 0.1) is 0 Å². The van der Waals surface area contributed by atoms with E-state index in [-0.39, 0.29) is 6.10 Å². The molecule has 1 fully saturated rings. The van der Waals surface area contributed by atoms with Crippen molar-refractivity contribution in [3.63, 3.8) is 0 Å². The van der Waals surface area contributed by atoms with Crippen LogP contribution in [0.3, 0.4) is 0 Å². The standard InChI is InChI=1S/C19H20O3/c1-11-9-14(21)10-17-15-3-2-4-16(15)19(22-18(11)17)12-5-7-13(20)8-6-12/h5-10,15-16,19-21H,2-4H2,1H3/p+1/t15-,16+,19+/m0/s1. The van der Waals surface area contributed by atoms with E-state index in [4.69, 9.17) is 9.84 Å². The third kappa shape index (κ3) is 2.04. The second-order valence-electron chi connectivity index (χ2n) is 6.54. The molecule has 0 amide bonds. The molecule has 0 radical (unpaired) electrons. The highest BCUT2D eigenvalue weighted by Gasteiger charge is 2.42. The van der Waals surface area contributed by atoms with E-state index in [9.17, 15) is 5.11 Å². The lowest BCUT2D eigenvalue weighted by Gasteiger charge is -2.37. The maximum absolute atomic E-state index is 9.93. The third-order valence-electron chi connectivity index (χ3n) is 5.13. The van der Waals surface area contributed by atoms with Crippen molar-refractivity contribution in [1.82, 2.24) is 0 Å². The van der Waals surface area contributed by atoms with E-state index in [2.05, 4.69) is 0 Å². The summed E-state index contributed by atoms with van der Waals surface area (Å²) in [6.45, 7) is 2.00. The van der Waals surface area contributed by atoms with E-state index in [1.54, 1.807) is 6.07 Å². The Morgan fingerprint density at radius 2 is 1.91 bits per heavy atom. The lowest BCUT2D eigenvalue weighted by atomic mass is 9.79. The fraction of sp³-hybridized carbons (Fsp3) is 0.368. The maximum Gasteiger partial charge on any atom is 0.253 e. The number of rotatable bonds is 1. The van der Waals surface area contributed by atoms with E-state index >= 15 is 0 Å². The zero-order chi connectivity index (χ0) is 15.3. The molecular weight excluding hydrogens is 276 g/mol. The Morgan fingerprint density at radius 1 is 1.14 bits per heavy atom. The first kappa shape index (κ1) is 13.5. The predicted molar refractivity (Wildman–Crippen MR) is 85.8 cm³/mol. The first-order chi connectivity index (χ1) is 10.6. The quantitative estimate of drug-likeness (QED) is 0.804. The second kappa shape index (κ2) is 4.94. The van der Waals surface area contributed by atoms with Crippen LogP contribution in [0.4, 0.5) is 0 Å². The molecule has 3 heteroatoms. The van der Waals surface area contributed by atoms with Crippen molar-refractivity contribution in [1.29, 1.82) is 0 Å². The Morgan fingerprint density at radius 3 is 2.68 bits per heavy atom. The van der Waals surface area contributed by atoms with E-state index in [0.717, 1.165) is 29.7 Å². The Balaban J connectivity index is 1.81. The van der Waals surface area contributed by atoms with Crippen molar-refractivity contribution in [2.45, 2.75) is 38.2 Å². The van der Waals surface area contributed by atoms with Gasteiger partial charge in [-0.05, 0) is 61.1 Å². The van der Waals surface area contributed by atoms with Crippen LogP contribution in [-0.4, -0.2) is 10.2 Å². The third-order valence-corrected chi connectivity index (χ3v) is 5.13. The van der Waals surface area contributed by atoms with Crippen molar-refractivity contribution in [2.75, 3.05) is 0 Å². The van der Waals surface area contributed by atoms with Crippen LogP contribution in [0.1, 0.15) is 48.0 Å². The average molecular weight is 297 g/mol. The van der Waals surface area contributed by atoms with Crippen LogP contribution in [0, 0.1) is 12.8 Å². The molecule has 1 saturated carbocycles. The molecule has 1 heterocycles. The fourth-order valence-corrected chi connectivity index (χ4v) is 4.16. The van der Waals surface area contributed by atoms with Crippen molar-refractivity contribution in [2.24, 2.45) is 5.92 Å². The van der Waals surface area contributed by atoms with Gasteiger partial charge in [0.25, 0.3) is 5.75 Å². The van der Waals surface area contributed by atoms with Crippen LogP contribution in [0.15, 0.2) is 36.4 Å². The largest absolute Gasteiger partial charge is 0.593 e. The predicted octanol–water partition coefficient (Wildman–Crippen LogP) is 4.16. The molecule has 2 aromatic rings. The van der Waals surface area contributed by atoms with E-state index in [0.29, 0.717) is 23.3 Å². The molecule has 2 aliphatic rings. The number of fused-ring (bicyclic) bond motifs is 3. The molecule has 22 heavy (non-hydrogen) atoms. The van der Waals surface area contributed by atoms with Gasteiger partial charge in [0.1, 0.15) is 17.6 Å². The van der Waals surface area contributed by atoms with Gasteiger partial charge in [-0.25, -0.2) is 0 Å². The molecule has 1 aliphatic carbocycles. The summed E-state index contributed by atoms with van der Waals surface area (Å²) < 4.78 is 6.39. The van der Waals surface area contributed by atoms with E-state index in [1.807, 2.05) is 37.3 Å². The van der Waals surface area contributed by atoms with Gasteiger partial charge < -0.3 is 14.9 Å². The Labute approximate surface area is 130 Å². The summed E-state index contributed by atoms with van der Waals surface area (Å²) in [5, 5.41) is 17.6. The molecule has 3 atom stereocenters. The second-order valence-corrected chi connectivity index (χ2v) is 6.54. The number of hydrogen-bond acceptors (Lipinski definition) is 2. The van der Waals surface area contributed by atoms with Crippen molar-refractivity contribution in [3.05, 3.63) is 53.1 Å². The molecule has 114 valence electrons. The van der Waals surface area contributed by atoms with Gasteiger partial charge >= 0.3 is 0 Å². The number of ether oxygens (including phenoxy) is 1. The molecule has 3 nitrogen and oxygen atoms in total. The molecule has 1 aliphatic heterocycles. The average Bonchev–Trinajstić information content (AvgIpc) is 2.97. The smallest absolute Gasteiger partial charge is 0.253 e. The Kier molecular flexibility index (Phi) is 3.03. The highest BCUT2D eigenvalue weighted by atomic mass is 16.5. The van der Waals surface area contributed by atoms with Gasteiger partial charge in [-0.15, -0.1) is 0 Å². The highest BCUT2D eigenvalue weighted by molar-refractivity contribution is 5.50. The summed E-state index contributed by atoms with van der Waals surface area (Å²) in [5.74, 6) is 2.74. The van der Waals surface area contributed by atoms with E-state index in [1.165, 1.54) is 12.0 Å². The number of aromatic hydroxyl groups is 1. The number of aryl methyl sites for hydroxylation is 1. The van der Waals surface area contributed by atoms with Gasteiger partial charge in [-0.3, -0.25) is 0 Å². The molecule has 0 spiro atoms. The minimum Gasteiger partial charge on any atom is -0.593 e. The summed E-state index contributed by atoms with van der Waals surface area (Å²) in [6.07, 6.45) is 3.59. The van der Waals surface area contributed by atoms with Crippen LogP contribution in [0.5, 0.6) is 17.2 Å². The fourth-order valence-electron chi connectivity index (χ4n) is 4.16. The van der Waals surface area contributed by atoms with Crippen molar-refractivity contribution >= 4 is 0 Å². The zero-order valence-electron chi connectivity index (χ0n) is 12.7. The lowest BCUT2D eigenvalue weighted by molar-refractivity contribution is 0.103. The molecule has 0 aromatic heterocycles. The highest BCUT2D eigenvalue weighted by Crippen LogP contribution is 2.55. The van der Waals surface area contributed by atoms with Crippen LogP contribution >= 0.6 is 0 Å². The summed E-state index contributed by atoms with van der Waals surface area (Å²) in [5.41, 5.74) is 3.34. The summed E-state index contributed by atoms with van der Waals surface area (Å²) in [7, 11) is 0. The molecule has 0 saturated heterocycles. The van der Waals surface area contributed by atoms with Crippen LogP contribution in [0.2, 0.25) is 0 Å². The number of benzene rings is 2. The van der Waals surface area contributed by atoms with Crippen molar-refractivity contribution in [3.8, 4) is 17.2 Å². The van der Waals surface area contributed by atoms with Gasteiger partial charge in [0.2, 0.25) is 0 Å². The summed E-state index contributed by atoms with van der Waals surface area (Å²) >= 11 is 0. The summed E-state index contributed by atoms with van der Waals surface area (Å²) in [6, 6.07) is 11.4. The Hall–Kier alpha value is -2.16. The molecule has 0 unspecified atom stereocenters. The molecule has 0 bridgehead atoms. The first-order valence-corrected chi connectivity index (χ1v) is 7.95. The van der Waals surface area contributed by atoms with Crippen LogP contribution in [-0.2, 0) is 0 Å². The Bertz CT molecular complexity index is 705. The molecular formula is C19H21O3+. The monoisotopic (exact) mass is 297 g/mol. The number of hydrogen-bond donors (Lipinski definition) is 1. The zero-order valence-corrected chi connectivity index (χ0v) is 12.7. The van der Waals surface area contributed by atoms with Gasteiger partial charge in [-0.2, -0.15) is 0 Å². The number of phenols is 1. The van der Waals surface area contributed by atoms with Crippen LogP contribution in [0.25, 0.3) is 0 Å². The normalized spacial score (nSPS) is 26.1. The molecule has 3 N–H and O–H groups in total. The van der Waals surface area contributed by atoms with Crippen LogP contribution < -0.4 is 4.74 Å². The summed E-state index contributed by atoms with van der Waals surface area (Å²) in [4.78, 5) is 0. The molecule has 4 rings (SSSR count).